The molecule has 3 aliphatic rings. The van der Waals surface area contributed by atoms with E-state index in [2.05, 4.69) is 40.8 Å². The Morgan fingerprint density at radius 2 is 1.83 bits per heavy atom. The van der Waals surface area contributed by atoms with Crippen LogP contribution in [0.3, 0.4) is 0 Å². The van der Waals surface area contributed by atoms with Gasteiger partial charge in [-0.1, -0.05) is 18.2 Å². The van der Waals surface area contributed by atoms with Gasteiger partial charge in [-0.3, -0.25) is 19.3 Å². The molecule has 0 unspecified atom stereocenters. The Balaban J connectivity index is 1.28. The number of aryl methyl sites for hydroxylation is 1. The monoisotopic (exact) mass is 499 g/mol. The highest BCUT2D eigenvalue weighted by atomic mass is 32.2. The van der Waals surface area contributed by atoms with Crippen LogP contribution < -0.4 is 0 Å². The van der Waals surface area contributed by atoms with Gasteiger partial charge in [-0.2, -0.15) is 5.10 Å². The molecular formula is C26H37N5O3S. The van der Waals surface area contributed by atoms with Crippen molar-refractivity contribution in [3.05, 3.63) is 30.0 Å². The minimum atomic E-state index is -0.588. The van der Waals surface area contributed by atoms with Gasteiger partial charge in [0.2, 0.25) is 5.91 Å². The number of piperidine rings is 1. The molecule has 0 aliphatic carbocycles. The number of carbonyl (C=O) groups is 2. The number of para-hydroxylation sites is 1. The predicted octanol–water partition coefficient (Wildman–Crippen LogP) is 3.89. The quantitative estimate of drug-likeness (QED) is 0.638. The molecule has 35 heavy (non-hydrogen) atoms. The van der Waals surface area contributed by atoms with E-state index >= 15 is 0 Å². The number of hydrogen-bond acceptors (Lipinski definition) is 6. The summed E-state index contributed by atoms with van der Waals surface area (Å²) in [6.45, 7) is 10.9. The molecule has 0 spiro atoms. The van der Waals surface area contributed by atoms with Gasteiger partial charge in [-0.05, 0) is 53.0 Å². The maximum Gasteiger partial charge on any atom is 0.411 e. The third-order valence-electron chi connectivity index (χ3n) is 7.42. The van der Waals surface area contributed by atoms with E-state index in [0.717, 1.165) is 43.9 Å². The van der Waals surface area contributed by atoms with Crippen LogP contribution in [-0.2, 0) is 9.53 Å². The van der Waals surface area contributed by atoms with Crippen molar-refractivity contribution in [1.82, 2.24) is 24.5 Å². The molecule has 3 saturated heterocycles. The van der Waals surface area contributed by atoms with Gasteiger partial charge in [0.25, 0.3) is 0 Å². The van der Waals surface area contributed by atoms with Crippen LogP contribution in [0.15, 0.2) is 24.3 Å². The predicted molar refractivity (Wildman–Crippen MR) is 138 cm³/mol. The summed E-state index contributed by atoms with van der Waals surface area (Å²) in [5.41, 5.74) is 1.69. The fourth-order valence-electron chi connectivity index (χ4n) is 5.66. The standard InChI is InChI=1S/C26H37N5O3S/c1-18-21-7-5-6-8-22(21)31(27-18)19-9-11-28(12-10-19)20-15-23(24(32)29-13-14-35-17-29)30(16-20)25(33)34-26(2,3)4/h5-8,19-20,23H,9-17H2,1-4H3/t20-,23-/m0/s1. The zero-order valence-corrected chi connectivity index (χ0v) is 22.1. The second-order valence-corrected chi connectivity index (χ2v) is 12.1. The van der Waals surface area contributed by atoms with E-state index in [1.54, 1.807) is 16.7 Å². The maximum absolute atomic E-state index is 13.4. The van der Waals surface area contributed by atoms with Crippen molar-refractivity contribution in [2.24, 2.45) is 0 Å². The minimum Gasteiger partial charge on any atom is -0.444 e. The van der Waals surface area contributed by atoms with Crippen molar-refractivity contribution in [3.63, 3.8) is 0 Å². The molecule has 0 bridgehead atoms. The average Bonchev–Trinajstić information content (AvgIpc) is 3.57. The van der Waals surface area contributed by atoms with E-state index in [-0.39, 0.29) is 18.0 Å². The number of aromatic nitrogens is 2. The summed E-state index contributed by atoms with van der Waals surface area (Å²) >= 11 is 1.77. The van der Waals surface area contributed by atoms with Gasteiger partial charge in [0, 0.05) is 43.4 Å². The Kier molecular flexibility index (Phi) is 6.74. The van der Waals surface area contributed by atoms with Crippen molar-refractivity contribution in [2.45, 2.75) is 70.7 Å². The number of amides is 2. The number of ether oxygens (including phenoxy) is 1. The van der Waals surface area contributed by atoms with Crippen molar-refractivity contribution >= 4 is 34.7 Å². The maximum atomic E-state index is 13.4. The SMILES string of the molecule is Cc1nn(C2CCN([C@H]3C[C@@H](C(=O)N4CCSC4)N(C(=O)OC(C)(C)C)C3)CC2)c2ccccc12. The number of hydrogen-bond donors (Lipinski definition) is 0. The molecule has 0 saturated carbocycles. The summed E-state index contributed by atoms with van der Waals surface area (Å²) in [4.78, 5) is 32.5. The minimum absolute atomic E-state index is 0.0664. The van der Waals surface area contributed by atoms with Crippen LogP contribution in [0, 0.1) is 6.92 Å². The van der Waals surface area contributed by atoms with E-state index in [4.69, 9.17) is 9.84 Å². The van der Waals surface area contributed by atoms with Crippen molar-refractivity contribution in [2.75, 3.05) is 37.8 Å². The Labute approximate surface area is 211 Å². The van der Waals surface area contributed by atoms with Gasteiger partial charge in [-0.25, -0.2) is 4.79 Å². The van der Waals surface area contributed by atoms with Gasteiger partial charge in [-0.15, -0.1) is 11.8 Å². The average molecular weight is 500 g/mol. The molecule has 1 aromatic heterocycles. The highest BCUT2D eigenvalue weighted by Crippen LogP contribution is 2.33. The van der Waals surface area contributed by atoms with E-state index < -0.39 is 11.6 Å². The van der Waals surface area contributed by atoms with Crippen LogP contribution in [0.2, 0.25) is 0 Å². The summed E-state index contributed by atoms with van der Waals surface area (Å²) in [5, 5.41) is 6.08. The number of benzene rings is 1. The third kappa shape index (κ3) is 5.03. The molecule has 2 amide bonds. The summed E-state index contributed by atoms with van der Waals surface area (Å²) in [7, 11) is 0. The topological polar surface area (TPSA) is 70.9 Å². The van der Waals surface area contributed by atoms with E-state index in [1.165, 1.54) is 10.9 Å². The second-order valence-electron chi connectivity index (χ2n) is 11.0. The van der Waals surface area contributed by atoms with Gasteiger partial charge >= 0.3 is 6.09 Å². The Bertz CT molecular complexity index is 1080. The number of fused-ring (bicyclic) bond motifs is 1. The first-order valence-corrected chi connectivity index (χ1v) is 13.9. The molecule has 5 rings (SSSR count). The van der Waals surface area contributed by atoms with Crippen LogP contribution in [0.4, 0.5) is 4.79 Å². The van der Waals surface area contributed by atoms with E-state index in [9.17, 15) is 9.59 Å². The molecule has 2 aromatic rings. The highest BCUT2D eigenvalue weighted by Gasteiger charge is 2.45. The third-order valence-corrected chi connectivity index (χ3v) is 8.38. The van der Waals surface area contributed by atoms with E-state index in [1.807, 2.05) is 25.7 Å². The van der Waals surface area contributed by atoms with Gasteiger partial charge < -0.3 is 9.64 Å². The first kappa shape index (κ1) is 24.4. The second kappa shape index (κ2) is 9.65. The lowest BCUT2D eigenvalue weighted by molar-refractivity contribution is -0.134. The van der Waals surface area contributed by atoms with Crippen molar-refractivity contribution < 1.29 is 14.3 Å². The van der Waals surface area contributed by atoms with E-state index in [0.29, 0.717) is 24.9 Å². The lowest BCUT2D eigenvalue weighted by Gasteiger charge is -2.36. The van der Waals surface area contributed by atoms with Gasteiger partial charge in [0.15, 0.2) is 0 Å². The van der Waals surface area contributed by atoms with Crippen LogP contribution >= 0.6 is 11.8 Å². The van der Waals surface area contributed by atoms with Crippen LogP contribution in [0.1, 0.15) is 51.8 Å². The number of thioether (sulfide) groups is 1. The molecule has 3 fully saturated rings. The Morgan fingerprint density at radius 3 is 2.51 bits per heavy atom. The number of likely N-dealkylation sites (tertiary alicyclic amines) is 2. The molecule has 0 N–H and O–H groups in total. The molecule has 4 heterocycles. The van der Waals surface area contributed by atoms with Crippen LogP contribution in [-0.4, -0.2) is 92.0 Å². The van der Waals surface area contributed by atoms with Crippen LogP contribution in [0.25, 0.3) is 10.9 Å². The zero-order valence-electron chi connectivity index (χ0n) is 21.3. The largest absolute Gasteiger partial charge is 0.444 e. The number of carbonyl (C=O) groups excluding carboxylic acids is 2. The zero-order chi connectivity index (χ0) is 24.7. The van der Waals surface area contributed by atoms with Crippen LogP contribution in [0.5, 0.6) is 0 Å². The first-order chi connectivity index (χ1) is 16.7. The number of rotatable bonds is 3. The van der Waals surface area contributed by atoms with Gasteiger partial charge in [0.1, 0.15) is 11.6 Å². The summed E-state index contributed by atoms with van der Waals surface area (Å²) in [6, 6.07) is 8.54. The molecule has 2 atom stereocenters. The normalized spacial score (nSPS) is 24.5. The first-order valence-electron chi connectivity index (χ1n) is 12.8. The molecule has 190 valence electrons. The van der Waals surface area contributed by atoms with Gasteiger partial charge in [0.05, 0.1) is 23.1 Å². The summed E-state index contributed by atoms with van der Waals surface area (Å²) < 4.78 is 7.91. The highest BCUT2D eigenvalue weighted by molar-refractivity contribution is 7.99. The van der Waals surface area contributed by atoms with Crippen molar-refractivity contribution in [3.8, 4) is 0 Å². The lowest BCUT2D eigenvalue weighted by Crippen LogP contribution is -2.48. The summed E-state index contributed by atoms with van der Waals surface area (Å²) in [6.07, 6.45) is 2.32. The molecule has 1 aromatic carbocycles. The molecule has 0 radical (unpaired) electrons. The molecule has 3 aliphatic heterocycles. The van der Waals surface area contributed by atoms with Crippen molar-refractivity contribution in [1.29, 1.82) is 0 Å². The fourth-order valence-corrected chi connectivity index (χ4v) is 6.61. The Morgan fingerprint density at radius 1 is 1.09 bits per heavy atom. The fraction of sp³-hybridized carbons (Fsp3) is 0.654. The smallest absolute Gasteiger partial charge is 0.411 e. The summed E-state index contributed by atoms with van der Waals surface area (Å²) in [5.74, 6) is 1.74. The molecule has 8 nitrogen and oxygen atoms in total. The molecular weight excluding hydrogens is 462 g/mol. The Hall–Kier alpha value is -2.26. The molecule has 9 heteroatoms. The lowest BCUT2D eigenvalue weighted by atomic mass is 10.0. The number of nitrogens with zero attached hydrogens (tertiary/aromatic N) is 5.